The van der Waals surface area contributed by atoms with E-state index in [2.05, 4.69) is 19.9 Å². The van der Waals surface area contributed by atoms with E-state index in [1.807, 2.05) is 0 Å². The molecule has 7 heteroatoms. The summed E-state index contributed by atoms with van der Waals surface area (Å²) in [6.07, 6.45) is 4.93. The highest BCUT2D eigenvalue weighted by atomic mass is 16.2. The number of aromatic nitrogens is 4. The maximum Gasteiger partial charge on any atom is 0.345 e. The van der Waals surface area contributed by atoms with E-state index in [1.54, 1.807) is 30.2 Å². The number of amides is 1. The van der Waals surface area contributed by atoms with Crippen LogP contribution in [0.15, 0.2) is 29.3 Å². The molecule has 1 fully saturated rings. The third-order valence-electron chi connectivity index (χ3n) is 3.84. The molecule has 1 saturated heterocycles. The molecule has 7 nitrogen and oxygen atoms in total. The molecule has 0 aromatic carbocycles. The van der Waals surface area contributed by atoms with E-state index >= 15 is 0 Å². The highest BCUT2D eigenvalue weighted by Crippen LogP contribution is 2.25. The number of carbonyl (C=O) groups is 1. The number of nitrogens with zero attached hydrogens (tertiary/aromatic N) is 4. The Morgan fingerprint density at radius 2 is 2.14 bits per heavy atom. The number of aromatic amines is 1. The lowest BCUT2D eigenvalue weighted by Crippen LogP contribution is -2.40. The van der Waals surface area contributed by atoms with Crippen molar-refractivity contribution < 1.29 is 4.79 Å². The molecule has 1 amide bonds. The van der Waals surface area contributed by atoms with Crippen LogP contribution in [-0.4, -0.2) is 43.8 Å². The van der Waals surface area contributed by atoms with Gasteiger partial charge in [-0.25, -0.2) is 19.7 Å². The number of likely N-dealkylation sites (tertiary alicyclic amines) is 1. The molecule has 2 aromatic heterocycles. The Bertz CT molecular complexity index is 742. The second kappa shape index (κ2) is 6.05. The molecule has 0 unspecified atom stereocenters. The first-order valence-electron chi connectivity index (χ1n) is 7.27. The molecule has 2 aromatic rings. The summed E-state index contributed by atoms with van der Waals surface area (Å²) in [5, 5.41) is 0. The highest BCUT2D eigenvalue weighted by Gasteiger charge is 2.26. The second-order valence-corrected chi connectivity index (χ2v) is 5.41. The minimum Gasteiger partial charge on any atom is -0.337 e. The highest BCUT2D eigenvalue weighted by molar-refractivity contribution is 5.92. The predicted molar refractivity (Wildman–Crippen MR) is 79.5 cm³/mol. The van der Waals surface area contributed by atoms with Gasteiger partial charge in [0.15, 0.2) is 0 Å². The van der Waals surface area contributed by atoms with Crippen LogP contribution in [0.1, 0.15) is 40.8 Å². The van der Waals surface area contributed by atoms with Crippen molar-refractivity contribution in [3.05, 3.63) is 52.2 Å². The Hall–Kier alpha value is -2.57. The molecular formula is C15H17N5O2. The van der Waals surface area contributed by atoms with Crippen molar-refractivity contribution in [1.82, 2.24) is 24.8 Å². The van der Waals surface area contributed by atoms with Gasteiger partial charge in [-0.2, -0.15) is 0 Å². The van der Waals surface area contributed by atoms with Crippen LogP contribution in [0.25, 0.3) is 0 Å². The van der Waals surface area contributed by atoms with Crippen LogP contribution in [0, 0.1) is 6.92 Å². The number of nitrogens with one attached hydrogen (secondary N) is 1. The minimum absolute atomic E-state index is 0.0911. The van der Waals surface area contributed by atoms with Gasteiger partial charge in [0.1, 0.15) is 11.5 Å². The summed E-state index contributed by atoms with van der Waals surface area (Å²) in [4.78, 5) is 40.3. The number of rotatable bonds is 2. The summed E-state index contributed by atoms with van der Waals surface area (Å²) >= 11 is 0. The van der Waals surface area contributed by atoms with Crippen molar-refractivity contribution >= 4 is 5.91 Å². The SMILES string of the molecule is Cc1nccc(C(=O)N2CCC[C@H](c3ccnc(=O)[nH]3)C2)n1. The van der Waals surface area contributed by atoms with E-state index in [-0.39, 0.29) is 17.5 Å². The molecule has 0 spiro atoms. The zero-order valence-electron chi connectivity index (χ0n) is 12.3. The first-order valence-corrected chi connectivity index (χ1v) is 7.27. The van der Waals surface area contributed by atoms with E-state index < -0.39 is 0 Å². The summed E-state index contributed by atoms with van der Waals surface area (Å²) in [6.45, 7) is 3.03. The van der Waals surface area contributed by atoms with Crippen LogP contribution in [0.3, 0.4) is 0 Å². The maximum atomic E-state index is 12.5. The van der Waals surface area contributed by atoms with Gasteiger partial charge in [-0.1, -0.05) is 0 Å². The summed E-state index contributed by atoms with van der Waals surface area (Å²) in [7, 11) is 0. The van der Waals surface area contributed by atoms with Gasteiger partial charge in [0.2, 0.25) is 0 Å². The molecule has 0 saturated carbocycles. The molecule has 3 heterocycles. The van der Waals surface area contributed by atoms with Crippen molar-refractivity contribution in [3.63, 3.8) is 0 Å². The lowest BCUT2D eigenvalue weighted by Gasteiger charge is -2.32. The maximum absolute atomic E-state index is 12.5. The van der Waals surface area contributed by atoms with Gasteiger partial charge in [0.05, 0.1) is 0 Å². The topological polar surface area (TPSA) is 91.8 Å². The number of hydrogen-bond donors (Lipinski definition) is 1. The van der Waals surface area contributed by atoms with Crippen LogP contribution in [0.4, 0.5) is 0 Å². The second-order valence-electron chi connectivity index (χ2n) is 5.41. The zero-order chi connectivity index (χ0) is 15.5. The molecule has 3 rings (SSSR count). The molecule has 1 aliphatic heterocycles. The number of hydrogen-bond acceptors (Lipinski definition) is 5. The van der Waals surface area contributed by atoms with Crippen molar-refractivity contribution in [1.29, 1.82) is 0 Å². The Morgan fingerprint density at radius 3 is 2.91 bits per heavy atom. The lowest BCUT2D eigenvalue weighted by molar-refractivity contribution is 0.0699. The summed E-state index contributed by atoms with van der Waals surface area (Å²) in [6, 6.07) is 3.43. The standard InChI is InChI=1S/C15H17N5O2/c1-10-16-6-5-13(18-10)14(21)20-8-2-3-11(9-20)12-4-7-17-15(22)19-12/h4-7,11H,2-3,8-9H2,1H3,(H,17,19,22)/t11-/m0/s1. The molecule has 114 valence electrons. The normalized spacial score (nSPS) is 18.2. The number of H-pyrrole nitrogens is 1. The Kier molecular flexibility index (Phi) is 3.95. The quantitative estimate of drug-likeness (QED) is 0.889. The first-order chi connectivity index (χ1) is 10.6. The van der Waals surface area contributed by atoms with Crippen molar-refractivity contribution in [2.75, 3.05) is 13.1 Å². The molecule has 1 aliphatic rings. The van der Waals surface area contributed by atoms with Gasteiger partial charge in [0, 0.05) is 37.1 Å². The van der Waals surface area contributed by atoms with Gasteiger partial charge >= 0.3 is 5.69 Å². The van der Waals surface area contributed by atoms with Crippen LogP contribution in [-0.2, 0) is 0 Å². The van der Waals surface area contributed by atoms with Crippen molar-refractivity contribution in [2.45, 2.75) is 25.7 Å². The number of piperidine rings is 1. The smallest absolute Gasteiger partial charge is 0.337 e. The first kappa shape index (κ1) is 14.4. The van der Waals surface area contributed by atoms with Gasteiger partial charge < -0.3 is 9.88 Å². The third-order valence-corrected chi connectivity index (χ3v) is 3.84. The van der Waals surface area contributed by atoms with Crippen LogP contribution < -0.4 is 5.69 Å². The third kappa shape index (κ3) is 3.03. The fourth-order valence-electron chi connectivity index (χ4n) is 2.77. The van der Waals surface area contributed by atoms with E-state index in [0.717, 1.165) is 18.5 Å². The van der Waals surface area contributed by atoms with E-state index in [0.29, 0.717) is 24.6 Å². The van der Waals surface area contributed by atoms with E-state index in [1.165, 1.54) is 6.20 Å². The Balaban J connectivity index is 1.78. The monoisotopic (exact) mass is 299 g/mol. The fourth-order valence-corrected chi connectivity index (χ4v) is 2.77. The molecule has 0 radical (unpaired) electrons. The van der Waals surface area contributed by atoms with Gasteiger partial charge in [-0.3, -0.25) is 4.79 Å². The Morgan fingerprint density at radius 1 is 1.32 bits per heavy atom. The summed E-state index contributed by atoms with van der Waals surface area (Å²) in [5.74, 6) is 0.612. The lowest BCUT2D eigenvalue weighted by atomic mass is 9.94. The predicted octanol–water partition coefficient (Wildman–Crippen LogP) is 0.888. The van der Waals surface area contributed by atoms with Gasteiger partial charge in [-0.05, 0) is 31.9 Å². The molecule has 22 heavy (non-hydrogen) atoms. The minimum atomic E-state index is -0.354. The van der Waals surface area contributed by atoms with Crippen LogP contribution in [0.5, 0.6) is 0 Å². The van der Waals surface area contributed by atoms with E-state index in [9.17, 15) is 9.59 Å². The van der Waals surface area contributed by atoms with Crippen LogP contribution in [0.2, 0.25) is 0 Å². The molecular weight excluding hydrogens is 282 g/mol. The Labute approximate surface area is 127 Å². The zero-order valence-corrected chi connectivity index (χ0v) is 12.3. The average molecular weight is 299 g/mol. The molecule has 1 N–H and O–H groups in total. The van der Waals surface area contributed by atoms with Gasteiger partial charge in [0.25, 0.3) is 5.91 Å². The van der Waals surface area contributed by atoms with Crippen molar-refractivity contribution in [3.8, 4) is 0 Å². The average Bonchev–Trinajstić information content (AvgIpc) is 2.54. The molecule has 1 atom stereocenters. The van der Waals surface area contributed by atoms with Gasteiger partial charge in [-0.15, -0.1) is 0 Å². The van der Waals surface area contributed by atoms with Crippen molar-refractivity contribution in [2.24, 2.45) is 0 Å². The fraction of sp³-hybridized carbons (Fsp3) is 0.400. The van der Waals surface area contributed by atoms with Crippen LogP contribution >= 0.6 is 0 Å². The summed E-state index contributed by atoms with van der Waals surface area (Å²) in [5.41, 5.74) is 0.889. The largest absolute Gasteiger partial charge is 0.345 e. The molecule has 0 bridgehead atoms. The molecule has 0 aliphatic carbocycles. The summed E-state index contributed by atoms with van der Waals surface area (Å²) < 4.78 is 0. The number of carbonyl (C=O) groups excluding carboxylic acids is 1. The van der Waals surface area contributed by atoms with E-state index in [4.69, 9.17) is 0 Å². The number of aryl methyl sites for hydroxylation is 1.